The highest BCUT2D eigenvalue weighted by Gasteiger charge is 2.23. The van der Waals surface area contributed by atoms with Gasteiger partial charge in [-0.3, -0.25) is 4.79 Å². The minimum Gasteiger partial charge on any atom is -0.469 e. The molecule has 3 nitrogen and oxygen atoms in total. The molecular weight excluding hydrogens is 156 g/mol. The molecule has 0 unspecified atom stereocenters. The Morgan fingerprint density at radius 3 is 2.60 bits per heavy atom. The average Bonchev–Trinajstić information content (AvgIpc) is 1.87. The molecule has 0 aliphatic heterocycles. The van der Waals surface area contributed by atoms with Crippen LogP contribution in [0, 0.1) is 0 Å². The third-order valence-corrected chi connectivity index (χ3v) is 1.62. The minimum absolute atomic E-state index is 0.0299. The fourth-order valence-electron chi connectivity index (χ4n) is 0.430. The van der Waals surface area contributed by atoms with Gasteiger partial charge in [-0.25, -0.2) is 0 Å². The average molecular weight is 167 g/mol. The molecule has 0 saturated heterocycles. The molecule has 4 heteroatoms. The van der Waals surface area contributed by atoms with Crippen molar-refractivity contribution in [2.45, 2.75) is 18.9 Å². The first-order chi connectivity index (χ1) is 4.52. The maximum Gasteiger partial charge on any atom is 0.308 e. The van der Waals surface area contributed by atoms with Gasteiger partial charge in [0.2, 0.25) is 0 Å². The molecule has 0 aliphatic rings. The fraction of sp³-hybridized carbons (Fsp3) is 0.833. The molecule has 0 heterocycles. The molecule has 0 bridgehead atoms. The van der Waals surface area contributed by atoms with Crippen molar-refractivity contribution in [1.29, 1.82) is 0 Å². The number of alkyl halides is 1. The number of carbonyl (C=O) groups excluding carboxylic acids is 1. The molecule has 1 atom stereocenters. The Morgan fingerprint density at radius 1 is 1.80 bits per heavy atom. The van der Waals surface area contributed by atoms with Crippen LogP contribution in [0.2, 0.25) is 0 Å². The topological polar surface area (TPSA) is 46.5 Å². The van der Waals surface area contributed by atoms with Gasteiger partial charge in [-0.15, -0.1) is 11.6 Å². The summed E-state index contributed by atoms with van der Waals surface area (Å²) >= 11 is 5.34. The summed E-state index contributed by atoms with van der Waals surface area (Å²) in [6, 6.07) is 0. The smallest absolute Gasteiger partial charge is 0.308 e. The van der Waals surface area contributed by atoms with E-state index in [2.05, 4.69) is 4.74 Å². The summed E-state index contributed by atoms with van der Waals surface area (Å²) in [6.45, 7) is 1.48. The number of carbonyl (C=O) groups is 1. The lowest BCUT2D eigenvalue weighted by Crippen LogP contribution is -2.30. The lowest BCUT2D eigenvalue weighted by atomic mass is 10.1. The van der Waals surface area contributed by atoms with Crippen LogP contribution in [-0.4, -0.2) is 29.7 Å². The quantitative estimate of drug-likeness (QED) is 0.492. The Bertz CT molecular complexity index is 122. The second kappa shape index (κ2) is 3.78. The van der Waals surface area contributed by atoms with Crippen LogP contribution < -0.4 is 0 Å². The standard InChI is InChI=1S/C6H11ClO3/c1-6(9,4-7)3-5(8)10-2/h9H,3-4H2,1-2H3/t6-/m1/s1. The number of halogens is 1. The van der Waals surface area contributed by atoms with E-state index < -0.39 is 11.6 Å². The Hall–Kier alpha value is -0.280. The first-order valence-electron chi connectivity index (χ1n) is 2.87. The van der Waals surface area contributed by atoms with Crippen LogP contribution in [0.3, 0.4) is 0 Å². The number of esters is 1. The van der Waals surface area contributed by atoms with E-state index in [1.807, 2.05) is 0 Å². The van der Waals surface area contributed by atoms with Gasteiger partial charge in [0.05, 0.1) is 25.0 Å². The van der Waals surface area contributed by atoms with E-state index >= 15 is 0 Å². The molecule has 0 saturated carbocycles. The van der Waals surface area contributed by atoms with E-state index in [1.54, 1.807) is 0 Å². The lowest BCUT2D eigenvalue weighted by molar-refractivity contribution is -0.144. The maximum absolute atomic E-state index is 10.5. The van der Waals surface area contributed by atoms with Crippen molar-refractivity contribution in [2.75, 3.05) is 13.0 Å². The first-order valence-corrected chi connectivity index (χ1v) is 3.40. The van der Waals surface area contributed by atoms with Crippen molar-refractivity contribution in [2.24, 2.45) is 0 Å². The molecule has 0 fully saturated rings. The largest absolute Gasteiger partial charge is 0.469 e. The van der Waals surface area contributed by atoms with Gasteiger partial charge in [0.1, 0.15) is 0 Å². The maximum atomic E-state index is 10.5. The Morgan fingerprint density at radius 2 is 2.30 bits per heavy atom. The van der Waals surface area contributed by atoms with Crippen LogP contribution in [0.4, 0.5) is 0 Å². The predicted molar refractivity (Wildman–Crippen MR) is 38.0 cm³/mol. The van der Waals surface area contributed by atoms with E-state index in [4.69, 9.17) is 11.6 Å². The van der Waals surface area contributed by atoms with Crippen LogP contribution in [0.25, 0.3) is 0 Å². The molecule has 10 heavy (non-hydrogen) atoms. The Labute approximate surface area is 64.9 Å². The summed E-state index contributed by atoms with van der Waals surface area (Å²) in [6.07, 6.45) is -0.0625. The molecule has 0 rings (SSSR count). The van der Waals surface area contributed by atoms with Crippen molar-refractivity contribution in [3.63, 3.8) is 0 Å². The molecule has 0 radical (unpaired) electrons. The number of hydrogen-bond donors (Lipinski definition) is 1. The summed E-state index contributed by atoms with van der Waals surface area (Å²) in [4.78, 5) is 10.5. The molecule has 60 valence electrons. The van der Waals surface area contributed by atoms with E-state index in [0.29, 0.717) is 0 Å². The van der Waals surface area contributed by atoms with Gasteiger partial charge < -0.3 is 9.84 Å². The summed E-state index contributed by atoms with van der Waals surface area (Å²) in [5, 5.41) is 9.19. The number of ether oxygens (including phenoxy) is 1. The van der Waals surface area contributed by atoms with Gasteiger partial charge in [0, 0.05) is 0 Å². The Balaban J connectivity index is 3.76. The van der Waals surface area contributed by atoms with Crippen molar-refractivity contribution in [3.05, 3.63) is 0 Å². The normalized spacial score (nSPS) is 16.0. The molecule has 0 aromatic heterocycles. The van der Waals surface area contributed by atoms with E-state index in [9.17, 15) is 9.90 Å². The van der Waals surface area contributed by atoms with Crippen LogP contribution in [-0.2, 0) is 9.53 Å². The third kappa shape index (κ3) is 3.69. The summed E-state index contributed by atoms with van der Waals surface area (Å²) in [5.41, 5.74) is -1.14. The van der Waals surface area contributed by atoms with E-state index in [-0.39, 0.29) is 12.3 Å². The summed E-state index contributed by atoms with van der Waals surface area (Å²) in [7, 11) is 1.27. The van der Waals surface area contributed by atoms with Gasteiger partial charge in [-0.1, -0.05) is 0 Å². The van der Waals surface area contributed by atoms with Crippen molar-refractivity contribution < 1.29 is 14.6 Å². The van der Waals surface area contributed by atoms with Crippen LogP contribution in [0.1, 0.15) is 13.3 Å². The summed E-state index contributed by atoms with van der Waals surface area (Å²) < 4.78 is 4.33. The zero-order chi connectivity index (χ0) is 8.20. The summed E-state index contributed by atoms with van der Waals surface area (Å²) in [5.74, 6) is -0.423. The predicted octanol–water partition coefficient (Wildman–Crippen LogP) is 0.539. The number of aliphatic hydroxyl groups is 1. The third-order valence-electron chi connectivity index (χ3n) is 1.04. The monoisotopic (exact) mass is 166 g/mol. The first kappa shape index (κ1) is 9.72. The SMILES string of the molecule is COC(=O)C[C@@](C)(O)CCl. The second-order valence-electron chi connectivity index (χ2n) is 2.38. The minimum atomic E-state index is -1.14. The van der Waals surface area contributed by atoms with E-state index in [0.717, 1.165) is 0 Å². The molecule has 0 aliphatic carbocycles. The number of hydrogen-bond acceptors (Lipinski definition) is 3. The molecule has 0 spiro atoms. The van der Waals surface area contributed by atoms with Crippen LogP contribution in [0.5, 0.6) is 0 Å². The molecule has 0 amide bonds. The van der Waals surface area contributed by atoms with E-state index in [1.165, 1.54) is 14.0 Å². The van der Waals surface area contributed by atoms with Crippen LogP contribution in [0.15, 0.2) is 0 Å². The molecule has 0 aromatic rings. The fourth-order valence-corrected chi connectivity index (χ4v) is 0.525. The number of methoxy groups -OCH3 is 1. The zero-order valence-electron chi connectivity index (χ0n) is 6.06. The van der Waals surface area contributed by atoms with Crippen molar-refractivity contribution in [3.8, 4) is 0 Å². The Kier molecular flexibility index (Phi) is 3.68. The highest BCUT2D eigenvalue weighted by molar-refractivity contribution is 6.18. The molecule has 1 N–H and O–H groups in total. The number of rotatable bonds is 3. The van der Waals surface area contributed by atoms with Gasteiger partial charge in [-0.05, 0) is 6.92 Å². The van der Waals surface area contributed by atoms with Gasteiger partial charge in [-0.2, -0.15) is 0 Å². The van der Waals surface area contributed by atoms with Gasteiger partial charge in [0.25, 0.3) is 0 Å². The highest BCUT2D eigenvalue weighted by atomic mass is 35.5. The zero-order valence-corrected chi connectivity index (χ0v) is 6.81. The molecule has 0 aromatic carbocycles. The highest BCUT2D eigenvalue weighted by Crippen LogP contribution is 2.11. The van der Waals surface area contributed by atoms with Crippen molar-refractivity contribution >= 4 is 17.6 Å². The van der Waals surface area contributed by atoms with Crippen molar-refractivity contribution in [1.82, 2.24) is 0 Å². The van der Waals surface area contributed by atoms with Gasteiger partial charge in [0.15, 0.2) is 0 Å². The lowest BCUT2D eigenvalue weighted by Gasteiger charge is -2.17. The molecular formula is C6H11ClO3. The van der Waals surface area contributed by atoms with Crippen LogP contribution >= 0.6 is 11.6 Å². The van der Waals surface area contributed by atoms with Gasteiger partial charge >= 0.3 is 5.97 Å². The second-order valence-corrected chi connectivity index (χ2v) is 2.65.